The van der Waals surface area contributed by atoms with E-state index in [9.17, 15) is 0 Å². The van der Waals surface area contributed by atoms with E-state index in [1.807, 2.05) is 31.2 Å². The molecule has 2 atom stereocenters. The average Bonchev–Trinajstić information content (AvgIpc) is 2.39. The van der Waals surface area contributed by atoms with Gasteiger partial charge in [0.1, 0.15) is 6.10 Å². The Labute approximate surface area is 125 Å². The molecule has 0 saturated carbocycles. The number of nitrogens with zero attached hydrogens (tertiary/aromatic N) is 1. The summed E-state index contributed by atoms with van der Waals surface area (Å²) in [6.45, 7) is 2.96. The van der Waals surface area contributed by atoms with Gasteiger partial charge in [-0.25, -0.2) is 0 Å². The number of hydrogen-bond acceptors (Lipinski definition) is 3. The third kappa shape index (κ3) is 5.77. The molecule has 5 nitrogen and oxygen atoms in total. The van der Waals surface area contributed by atoms with Gasteiger partial charge in [0.2, 0.25) is 0 Å². The van der Waals surface area contributed by atoms with Crippen molar-refractivity contribution in [2.45, 2.75) is 19.1 Å². The van der Waals surface area contributed by atoms with Crippen molar-refractivity contribution in [3.05, 3.63) is 34.9 Å². The summed E-state index contributed by atoms with van der Waals surface area (Å²) in [5, 5.41) is 3.72. The van der Waals surface area contributed by atoms with Crippen LogP contribution < -0.4 is 11.1 Å². The van der Waals surface area contributed by atoms with E-state index in [1.54, 1.807) is 14.2 Å². The lowest BCUT2D eigenvalue weighted by Crippen LogP contribution is -2.40. The summed E-state index contributed by atoms with van der Waals surface area (Å²) < 4.78 is 10.4. The van der Waals surface area contributed by atoms with Gasteiger partial charge in [-0.3, -0.25) is 4.99 Å². The van der Waals surface area contributed by atoms with E-state index in [0.29, 0.717) is 24.1 Å². The molecule has 0 spiro atoms. The minimum Gasteiger partial charge on any atom is -0.383 e. The zero-order chi connectivity index (χ0) is 15.0. The first-order chi connectivity index (χ1) is 9.56. The number of benzene rings is 1. The summed E-state index contributed by atoms with van der Waals surface area (Å²) in [5.74, 6) is 0.374. The maximum absolute atomic E-state index is 5.97. The highest BCUT2D eigenvalue weighted by Crippen LogP contribution is 2.20. The fourth-order valence-corrected chi connectivity index (χ4v) is 1.99. The van der Waals surface area contributed by atoms with E-state index in [0.717, 1.165) is 5.56 Å². The molecule has 0 bridgehead atoms. The summed E-state index contributed by atoms with van der Waals surface area (Å²) in [6, 6.07) is 7.63. The zero-order valence-corrected chi connectivity index (χ0v) is 12.9. The molecule has 0 amide bonds. The second-order valence-corrected chi connectivity index (χ2v) is 4.94. The number of halogens is 1. The molecule has 0 aliphatic carbocycles. The predicted octanol–water partition coefficient (Wildman–Crippen LogP) is 1.97. The van der Waals surface area contributed by atoms with Crippen molar-refractivity contribution in [3.8, 4) is 0 Å². The Kier molecular flexibility index (Phi) is 7.36. The van der Waals surface area contributed by atoms with Crippen LogP contribution in [0.2, 0.25) is 5.02 Å². The fraction of sp³-hybridized carbons (Fsp3) is 0.500. The molecule has 0 aromatic heterocycles. The first-order valence-electron chi connectivity index (χ1n) is 6.40. The van der Waals surface area contributed by atoms with E-state index in [1.165, 1.54) is 0 Å². The molecule has 0 saturated heterocycles. The molecular formula is C14H22ClN3O2. The fourth-order valence-electron chi connectivity index (χ4n) is 1.79. The highest BCUT2D eigenvalue weighted by molar-refractivity contribution is 6.30. The van der Waals surface area contributed by atoms with E-state index in [-0.39, 0.29) is 12.1 Å². The van der Waals surface area contributed by atoms with Crippen LogP contribution in [-0.4, -0.2) is 39.4 Å². The molecule has 0 aliphatic heterocycles. The summed E-state index contributed by atoms with van der Waals surface area (Å²) in [5.41, 5.74) is 6.79. The van der Waals surface area contributed by atoms with Crippen molar-refractivity contribution < 1.29 is 9.47 Å². The predicted molar refractivity (Wildman–Crippen MR) is 82.2 cm³/mol. The maximum Gasteiger partial charge on any atom is 0.188 e. The Bertz CT molecular complexity index is 440. The van der Waals surface area contributed by atoms with Crippen molar-refractivity contribution in [1.82, 2.24) is 5.32 Å². The summed E-state index contributed by atoms with van der Waals surface area (Å²) in [6.07, 6.45) is -0.174. The first-order valence-corrected chi connectivity index (χ1v) is 6.78. The van der Waals surface area contributed by atoms with Gasteiger partial charge in [0.25, 0.3) is 0 Å². The summed E-state index contributed by atoms with van der Waals surface area (Å²) >= 11 is 5.97. The van der Waals surface area contributed by atoms with E-state index >= 15 is 0 Å². The minimum absolute atomic E-state index is 0.107. The Morgan fingerprint density at radius 1 is 1.45 bits per heavy atom. The molecule has 0 aliphatic rings. The van der Waals surface area contributed by atoms with Crippen LogP contribution in [0.5, 0.6) is 0 Å². The molecular weight excluding hydrogens is 278 g/mol. The first kappa shape index (κ1) is 16.8. The second-order valence-electron chi connectivity index (χ2n) is 4.51. The number of guanidine groups is 1. The van der Waals surface area contributed by atoms with Crippen LogP contribution in [-0.2, 0) is 9.47 Å². The normalized spacial score (nSPS) is 14.9. The third-order valence-electron chi connectivity index (χ3n) is 2.74. The van der Waals surface area contributed by atoms with Gasteiger partial charge >= 0.3 is 0 Å². The van der Waals surface area contributed by atoms with Crippen LogP contribution in [0.1, 0.15) is 18.6 Å². The topological polar surface area (TPSA) is 68.9 Å². The summed E-state index contributed by atoms with van der Waals surface area (Å²) in [7, 11) is 3.28. The van der Waals surface area contributed by atoms with Gasteiger partial charge in [0.15, 0.2) is 5.96 Å². The van der Waals surface area contributed by atoms with Crippen LogP contribution in [0.15, 0.2) is 29.3 Å². The van der Waals surface area contributed by atoms with E-state index < -0.39 is 0 Å². The molecule has 3 N–H and O–H groups in total. The molecule has 1 aromatic rings. The number of methoxy groups -OCH3 is 2. The molecule has 112 valence electrons. The Balaban J connectivity index is 2.60. The van der Waals surface area contributed by atoms with Gasteiger partial charge in [0.05, 0.1) is 13.2 Å². The van der Waals surface area contributed by atoms with Gasteiger partial charge in [-0.05, 0) is 24.6 Å². The molecule has 2 unspecified atom stereocenters. The van der Waals surface area contributed by atoms with Crippen LogP contribution in [0.25, 0.3) is 0 Å². The largest absolute Gasteiger partial charge is 0.383 e. The monoisotopic (exact) mass is 299 g/mol. The van der Waals surface area contributed by atoms with Crippen LogP contribution in [0.3, 0.4) is 0 Å². The van der Waals surface area contributed by atoms with Crippen LogP contribution in [0.4, 0.5) is 0 Å². The third-order valence-corrected chi connectivity index (χ3v) is 2.98. The SMILES string of the molecule is COCC(C)NC(N)=NCC(OC)c1cccc(Cl)c1. The molecule has 6 heteroatoms. The van der Waals surface area contributed by atoms with Gasteiger partial charge < -0.3 is 20.5 Å². The van der Waals surface area contributed by atoms with Crippen molar-refractivity contribution in [2.75, 3.05) is 27.4 Å². The molecule has 20 heavy (non-hydrogen) atoms. The minimum atomic E-state index is -0.174. The van der Waals surface area contributed by atoms with Crippen molar-refractivity contribution in [2.24, 2.45) is 10.7 Å². The number of aliphatic imine (C=N–C) groups is 1. The smallest absolute Gasteiger partial charge is 0.188 e. The number of nitrogens with one attached hydrogen (secondary N) is 1. The van der Waals surface area contributed by atoms with Gasteiger partial charge in [0, 0.05) is 25.3 Å². The van der Waals surface area contributed by atoms with Crippen LogP contribution >= 0.6 is 11.6 Å². The second kappa shape index (κ2) is 8.79. The quantitative estimate of drug-likeness (QED) is 0.596. The van der Waals surface area contributed by atoms with Gasteiger partial charge in [-0.15, -0.1) is 0 Å². The molecule has 1 aromatic carbocycles. The standard InChI is InChI=1S/C14H22ClN3O2/c1-10(9-19-2)18-14(16)17-8-13(20-3)11-5-4-6-12(15)7-11/h4-7,10,13H,8-9H2,1-3H3,(H3,16,17,18). The van der Waals surface area contributed by atoms with Crippen molar-refractivity contribution in [1.29, 1.82) is 0 Å². The lowest BCUT2D eigenvalue weighted by Gasteiger charge is -2.16. The number of hydrogen-bond donors (Lipinski definition) is 2. The van der Waals surface area contributed by atoms with E-state index in [2.05, 4.69) is 10.3 Å². The van der Waals surface area contributed by atoms with Crippen molar-refractivity contribution >= 4 is 17.6 Å². The highest BCUT2D eigenvalue weighted by atomic mass is 35.5. The zero-order valence-electron chi connectivity index (χ0n) is 12.1. The van der Waals surface area contributed by atoms with Crippen molar-refractivity contribution in [3.63, 3.8) is 0 Å². The Morgan fingerprint density at radius 2 is 2.20 bits per heavy atom. The lowest BCUT2D eigenvalue weighted by atomic mass is 10.1. The Hall–Kier alpha value is -1.30. The highest BCUT2D eigenvalue weighted by Gasteiger charge is 2.10. The number of nitrogens with two attached hydrogens (primary N) is 1. The number of rotatable bonds is 7. The lowest BCUT2D eigenvalue weighted by molar-refractivity contribution is 0.111. The van der Waals surface area contributed by atoms with Gasteiger partial charge in [-0.2, -0.15) is 0 Å². The summed E-state index contributed by atoms with van der Waals surface area (Å²) in [4.78, 5) is 4.28. The van der Waals surface area contributed by atoms with E-state index in [4.69, 9.17) is 26.8 Å². The molecule has 0 heterocycles. The average molecular weight is 300 g/mol. The maximum atomic E-state index is 5.97. The van der Waals surface area contributed by atoms with Crippen LogP contribution in [0, 0.1) is 0 Å². The number of ether oxygens (including phenoxy) is 2. The Morgan fingerprint density at radius 3 is 2.80 bits per heavy atom. The van der Waals surface area contributed by atoms with Gasteiger partial charge in [-0.1, -0.05) is 23.7 Å². The molecule has 0 radical (unpaired) electrons. The molecule has 0 fully saturated rings. The molecule has 1 rings (SSSR count).